The van der Waals surface area contributed by atoms with E-state index < -0.39 is 0 Å². The number of hydrogen-bond acceptors (Lipinski definition) is 0. The molecule has 0 heterocycles. The van der Waals surface area contributed by atoms with Crippen molar-refractivity contribution in [1.82, 2.24) is 0 Å². The molecule has 0 aromatic carbocycles. The molecule has 0 bridgehead atoms. The van der Waals surface area contributed by atoms with Crippen LogP contribution < -0.4 is 0 Å². The predicted octanol–water partition coefficient (Wildman–Crippen LogP) is 3.42. The lowest BCUT2D eigenvalue weighted by atomic mass is 9.88. The summed E-state index contributed by atoms with van der Waals surface area (Å²) < 4.78 is 0. The lowest BCUT2D eigenvalue weighted by Gasteiger charge is -2.12. The zero-order chi connectivity index (χ0) is 9.23. The predicted molar refractivity (Wildman–Crippen MR) is 60.5 cm³/mol. The molecule has 0 amide bonds. The Kier molecular flexibility index (Phi) is 9.20. The second kappa shape index (κ2) is 9.16. The third-order valence-electron chi connectivity index (χ3n) is 2.74. The van der Waals surface area contributed by atoms with E-state index in [2.05, 4.69) is 21.7 Å². The van der Waals surface area contributed by atoms with Gasteiger partial charge in [0.25, 0.3) is 0 Å². The molecule has 1 heteroatoms. The van der Waals surface area contributed by atoms with Crippen molar-refractivity contribution in [1.29, 1.82) is 0 Å². The van der Waals surface area contributed by atoms with E-state index in [1.165, 1.54) is 51.3 Å². The summed E-state index contributed by atoms with van der Waals surface area (Å²) in [5, 5.41) is 0. The molecular weight excluding hydrogens is 143 g/mol. The summed E-state index contributed by atoms with van der Waals surface area (Å²) >= 11 is 0. The van der Waals surface area contributed by atoms with Gasteiger partial charge < -0.3 is 0 Å². The van der Waals surface area contributed by atoms with Crippen LogP contribution in [0.15, 0.2) is 0 Å². The first-order valence-electron chi connectivity index (χ1n) is 5.85. The fourth-order valence-corrected chi connectivity index (χ4v) is 1.82. The molecule has 12 heavy (non-hydrogen) atoms. The Morgan fingerprint density at radius 1 is 1.00 bits per heavy atom. The molecule has 1 unspecified atom stereocenters. The maximum absolute atomic E-state index is 2.33. The molecule has 72 valence electrons. The first-order valence-corrected chi connectivity index (χ1v) is 5.85. The fourth-order valence-electron chi connectivity index (χ4n) is 1.82. The van der Waals surface area contributed by atoms with Gasteiger partial charge in [0, 0.05) is 0 Å². The van der Waals surface area contributed by atoms with Gasteiger partial charge >= 0.3 is 0 Å². The van der Waals surface area contributed by atoms with E-state index in [9.17, 15) is 0 Å². The van der Waals surface area contributed by atoms with Crippen LogP contribution in [0.25, 0.3) is 0 Å². The Hall–Kier alpha value is 0.0649. The maximum Gasteiger partial charge on any atom is 0.101 e. The summed E-state index contributed by atoms with van der Waals surface area (Å²) in [4.78, 5) is 0. The smallest absolute Gasteiger partial charge is 0.0808 e. The van der Waals surface area contributed by atoms with Crippen LogP contribution in [-0.2, 0) is 0 Å². The van der Waals surface area contributed by atoms with Crippen LogP contribution >= 0.6 is 0 Å². The molecule has 0 aliphatic carbocycles. The molecule has 0 rings (SSSR count). The van der Waals surface area contributed by atoms with Crippen LogP contribution in [0.2, 0.25) is 6.32 Å². The highest BCUT2D eigenvalue weighted by Crippen LogP contribution is 2.18. The largest absolute Gasteiger partial charge is 0.101 e. The highest BCUT2D eigenvalue weighted by molar-refractivity contribution is 6.08. The molecule has 0 aromatic heterocycles. The minimum Gasteiger partial charge on any atom is -0.0808 e. The number of hydrogen-bond donors (Lipinski definition) is 0. The van der Waals surface area contributed by atoms with Crippen molar-refractivity contribution in [3.05, 3.63) is 0 Å². The van der Waals surface area contributed by atoms with Gasteiger partial charge in [-0.2, -0.15) is 0 Å². The Labute approximate surface area is 79.5 Å². The highest BCUT2D eigenvalue weighted by Gasteiger charge is 2.03. The molecule has 0 nitrogen and oxygen atoms in total. The normalized spacial score (nSPS) is 13.2. The van der Waals surface area contributed by atoms with Crippen molar-refractivity contribution >= 4 is 7.85 Å². The van der Waals surface area contributed by atoms with E-state index in [-0.39, 0.29) is 0 Å². The molecule has 0 fully saturated rings. The first-order chi connectivity index (χ1) is 5.85. The lowest BCUT2D eigenvalue weighted by Crippen LogP contribution is -1.98. The summed E-state index contributed by atoms with van der Waals surface area (Å²) in [6.07, 6.45) is 11.4. The topological polar surface area (TPSA) is 0 Å². The van der Waals surface area contributed by atoms with Crippen LogP contribution in [0.3, 0.4) is 0 Å². The van der Waals surface area contributed by atoms with Crippen molar-refractivity contribution in [2.75, 3.05) is 0 Å². The lowest BCUT2D eigenvalue weighted by molar-refractivity contribution is 0.429. The molecule has 1 atom stereocenters. The van der Waals surface area contributed by atoms with Crippen LogP contribution in [0.4, 0.5) is 0 Å². The van der Waals surface area contributed by atoms with Crippen LogP contribution in [-0.4, -0.2) is 7.85 Å². The van der Waals surface area contributed by atoms with Gasteiger partial charge in [-0.3, -0.25) is 0 Å². The van der Waals surface area contributed by atoms with Gasteiger partial charge in [-0.15, -0.1) is 0 Å². The van der Waals surface area contributed by atoms with Gasteiger partial charge in [0.1, 0.15) is 7.85 Å². The summed E-state index contributed by atoms with van der Waals surface area (Å²) in [6, 6.07) is 0. The number of rotatable bonds is 8. The summed E-state index contributed by atoms with van der Waals surface area (Å²) in [7, 11) is 2.30. The molecule has 0 spiro atoms. The zero-order valence-corrected chi connectivity index (χ0v) is 9.23. The molecule has 0 aliphatic rings. The van der Waals surface area contributed by atoms with Gasteiger partial charge in [0.05, 0.1) is 0 Å². The fraction of sp³-hybridized carbons (Fsp3) is 1.00. The molecule has 0 aliphatic heterocycles. The third-order valence-corrected chi connectivity index (χ3v) is 2.74. The molecule has 0 radical (unpaired) electrons. The zero-order valence-electron chi connectivity index (χ0n) is 9.23. The Morgan fingerprint density at radius 2 is 1.75 bits per heavy atom. The Morgan fingerprint density at radius 3 is 2.25 bits per heavy atom. The summed E-state index contributed by atoms with van der Waals surface area (Å²) in [5.74, 6) is 1.02. The van der Waals surface area contributed by atoms with E-state index >= 15 is 0 Å². The van der Waals surface area contributed by atoms with Gasteiger partial charge in [0.2, 0.25) is 0 Å². The van der Waals surface area contributed by atoms with Crippen LogP contribution in [0.5, 0.6) is 0 Å². The average molecular weight is 168 g/mol. The van der Waals surface area contributed by atoms with Crippen molar-refractivity contribution in [2.45, 2.75) is 65.1 Å². The first kappa shape index (κ1) is 12.1. The van der Waals surface area contributed by atoms with Crippen molar-refractivity contribution < 1.29 is 0 Å². The minimum absolute atomic E-state index is 1.02. The molecule has 0 aromatic rings. The van der Waals surface area contributed by atoms with Gasteiger partial charge in [-0.25, -0.2) is 0 Å². The van der Waals surface area contributed by atoms with E-state index in [4.69, 9.17) is 0 Å². The van der Waals surface area contributed by atoms with Crippen LogP contribution in [0.1, 0.15) is 58.8 Å². The van der Waals surface area contributed by atoms with Crippen LogP contribution in [0, 0.1) is 5.92 Å². The monoisotopic (exact) mass is 168 g/mol. The van der Waals surface area contributed by atoms with E-state index in [0.717, 1.165) is 5.92 Å². The van der Waals surface area contributed by atoms with Gasteiger partial charge in [0.15, 0.2) is 0 Å². The Balaban J connectivity index is 3.19. The van der Waals surface area contributed by atoms with E-state index in [0.29, 0.717) is 0 Å². The SMILES string of the molecule is BCCC(CC)CCCCCC. The molecule has 0 saturated carbocycles. The van der Waals surface area contributed by atoms with E-state index in [1.54, 1.807) is 0 Å². The highest BCUT2D eigenvalue weighted by atomic mass is 14.1. The molecule has 0 saturated heterocycles. The minimum atomic E-state index is 1.02. The molecular formula is C11H25B. The second-order valence-corrected chi connectivity index (χ2v) is 3.91. The van der Waals surface area contributed by atoms with E-state index in [1.807, 2.05) is 0 Å². The number of unbranched alkanes of at least 4 members (excludes halogenated alkanes) is 3. The van der Waals surface area contributed by atoms with Crippen molar-refractivity contribution in [3.63, 3.8) is 0 Å². The van der Waals surface area contributed by atoms with Crippen molar-refractivity contribution in [2.24, 2.45) is 5.92 Å². The standard InChI is InChI=1S/C11H25B/c1-3-5-6-7-8-11(4-2)9-10-12/h11H,3-10,12H2,1-2H3. The third kappa shape index (κ3) is 6.76. The maximum atomic E-state index is 2.33. The van der Waals surface area contributed by atoms with Gasteiger partial charge in [-0.1, -0.05) is 65.1 Å². The Bertz CT molecular complexity index is 81.1. The van der Waals surface area contributed by atoms with Gasteiger partial charge in [-0.05, 0) is 5.92 Å². The molecule has 0 N–H and O–H groups in total. The summed E-state index contributed by atoms with van der Waals surface area (Å²) in [5.41, 5.74) is 0. The average Bonchev–Trinajstić information content (AvgIpc) is 2.10. The quantitative estimate of drug-likeness (QED) is 0.384. The summed E-state index contributed by atoms with van der Waals surface area (Å²) in [6.45, 7) is 4.61. The van der Waals surface area contributed by atoms with Crippen molar-refractivity contribution in [3.8, 4) is 0 Å². The second-order valence-electron chi connectivity index (χ2n) is 3.91.